The van der Waals surface area contributed by atoms with E-state index in [1.54, 1.807) is 4.90 Å². The van der Waals surface area contributed by atoms with Gasteiger partial charge in [0, 0.05) is 19.0 Å². The Bertz CT molecular complexity index is 177. The second-order valence-corrected chi connectivity index (χ2v) is 4.53. The first kappa shape index (κ1) is 14.8. The molecular formula is C11H23F2NO. The summed E-state index contributed by atoms with van der Waals surface area (Å²) in [5.74, 6) is -2.76. The van der Waals surface area contributed by atoms with E-state index in [1.165, 1.54) is 6.92 Å². The lowest BCUT2D eigenvalue weighted by Gasteiger charge is -2.42. The van der Waals surface area contributed by atoms with Crippen LogP contribution in [0.15, 0.2) is 0 Å². The molecule has 1 heterocycles. The zero-order valence-corrected chi connectivity index (χ0v) is 10.3. The topological polar surface area (TPSA) is 23.5 Å². The number of likely N-dealkylation sites (tertiary alicyclic amines) is 1. The number of nitrogens with zero attached hydrogens (tertiary/aromatic N) is 1. The van der Waals surface area contributed by atoms with Gasteiger partial charge in [0.1, 0.15) is 0 Å². The fraction of sp³-hybridized carbons (Fsp3) is 1.00. The first-order chi connectivity index (χ1) is 6.72. The Balaban J connectivity index is 0.000000921. The first-order valence-corrected chi connectivity index (χ1v) is 5.56. The number of hydrogen-bond donors (Lipinski definition) is 1. The maximum absolute atomic E-state index is 13.1. The average molecular weight is 223 g/mol. The molecule has 0 aromatic rings. The van der Waals surface area contributed by atoms with Crippen molar-refractivity contribution in [2.75, 3.05) is 13.1 Å². The molecule has 92 valence electrons. The van der Waals surface area contributed by atoms with Gasteiger partial charge >= 0.3 is 0 Å². The van der Waals surface area contributed by atoms with Crippen molar-refractivity contribution in [2.45, 2.75) is 58.6 Å². The molecule has 4 heteroatoms. The average Bonchev–Trinajstić information content (AvgIpc) is 2.02. The molecule has 1 N–H and O–H groups in total. The van der Waals surface area contributed by atoms with E-state index >= 15 is 0 Å². The Morgan fingerprint density at radius 1 is 1.20 bits per heavy atom. The molecule has 0 aromatic carbocycles. The summed E-state index contributed by atoms with van der Waals surface area (Å²) in [6.45, 7) is 9.28. The van der Waals surface area contributed by atoms with Gasteiger partial charge in [-0.25, -0.2) is 8.78 Å². The summed E-state index contributed by atoms with van der Waals surface area (Å²) >= 11 is 0. The highest BCUT2D eigenvalue weighted by Crippen LogP contribution is 2.33. The third-order valence-electron chi connectivity index (χ3n) is 2.35. The molecule has 1 aliphatic heterocycles. The number of piperidine rings is 1. The second kappa shape index (κ2) is 5.21. The largest absolute Gasteiger partial charge is 0.389 e. The summed E-state index contributed by atoms with van der Waals surface area (Å²) in [4.78, 5) is 1.61. The SMILES string of the molecule is CC.CC(C)N1CC(C)(O)CC(F)(F)C1. The van der Waals surface area contributed by atoms with Gasteiger partial charge in [-0.3, -0.25) is 4.90 Å². The van der Waals surface area contributed by atoms with Gasteiger partial charge in [-0.2, -0.15) is 0 Å². The van der Waals surface area contributed by atoms with E-state index in [-0.39, 0.29) is 12.6 Å². The van der Waals surface area contributed by atoms with Crippen LogP contribution in [0.4, 0.5) is 8.78 Å². The monoisotopic (exact) mass is 223 g/mol. The van der Waals surface area contributed by atoms with Crippen LogP contribution >= 0.6 is 0 Å². The summed E-state index contributed by atoms with van der Waals surface area (Å²) < 4.78 is 26.2. The zero-order valence-electron chi connectivity index (χ0n) is 10.3. The summed E-state index contributed by atoms with van der Waals surface area (Å²) in [5.41, 5.74) is -1.26. The molecule has 0 saturated carbocycles. The highest BCUT2D eigenvalue weighted by Gasteiger charge is 2.46. The smallest absolute Gasteiger partial charge is 0.263 e. The van der Waals surface area contributed by atoms with E-state index in [2.05, 4.69) is 0 Å². The second-order valence-electron chi connectivity index (χ2n) is 4.53. The molecule has 1 atom stereocenters. The van der Waals surface area contributed by atoms with Crippen LogP contribution in [0.1, 0.15) is 41.0 Å². The summed E-state index contributed by atoms with van der Waals surface area (Å²) in [6, 6.07) is 0.0534. The Morgan fingerprint density at radius 3 is 2.00 bits per heavy atom. The minimum Gasteiger partial charge on any atom is -0.389 e. The third kappa shape index (κ3) is 4.89. The molecule has 0 bridgehead atoms. The lowest BCUT2D eigenvalue weighted by atomic mass is 9.91. The van der Waals surface area contributed by atoms with E-state index in [0.29, 0.717) is 6.54 Å². The molecule has 1 saturated heterocycles. The van der Waals surface area contributed by atoms with Gasteiger partial charge < -0.3 is 5.11 Å². The molecule has 0 spiro atoms. The fourth-order valence-corrected chi connectivity index (χ4v) is 1.82. The summed E-state index contributed by atoms with van der Waals surface area (Å²) in [6.07, 6.45) is -0.427. The van der Waals surface area contributed by atoms with E-state index in [0.717, 1.165) is 0 Å². The predicted molar refractivity (Wildman–Crippen MR) is 58.2 cm³/mol. The summed E-state index contributed by atoms with van der Waals surface area (Å²) in [5, 5.41) is 9.61. The van der Waals surface area contributed by atoms with Crippen molar-refractivity contribution in [3.8, 4) is 0 Å². The van der Waals surface area contributed by atoms with E-state index in [4.69, 9.17) is 0 Å². The Hall–Kier alpha value is -0.220. The van der Waals surface area contributed by atoms with Crippen LogP contribution in [0.3, 0.4) is 0 Å². The van der Waals surface area contributed by atoms with Gasteiger partial charge in [0.05, 0.1) is 12.1 Å². The molecule has 0 amide bonds. The van der Waals surface area contributed by atoms with Gasteiger partial charge in [-0.15, -0.1) is 0 Å². The molecule has 1 rings (SSSR count). The van der Waals surface area contributed by atoms with Crippen LogP contribution in [0, 0.1) is 0 Å². The molecule has 0 radical (unpaired) electrons. The normalized spacial score (nSPS) is 31.0. The van der Waals surface area contributed by atoms with Crippen LogP contribution < -0.4 is 0 Å². The van der Waals surface area contributed by atoms with E-state index in [9.17, 15) is 13.9 Å². The van der Waals surface area contributed by atoms with Gasteiger partial charge in [0.15, 0.2) is 0 Å². The van der Waals surface area contributed by atoms with Crippen molar-refractivity contribution in [1.29, 1.82) is 0 Å². The van der Waals surface area contributed by atoms with Crippen LogP contribution in [0.5, 0.6) is 0 Å². The van der Waals surface area contributed by atoms with Crippen molar-refractivity contribution in [2.24, 2.45) is 0 Å². The van der Waals surface area contributed by atoms with Crippen LogP contribution in [0.25, 0.3) is 0 Å². The molecule has 1 aliphatic rings. The Morgan fingerprint density at radius 2 is 1.67 bits per heavy atom. The maximum Gasteiger partial charge on any atom is 0.263 e. The van der Waals surface area contributed by atoms with E-state index in [1.807, 2.05) is 27.7 Å². The molecule has 1 unspecified atom stereocenters. The molecule has 15 heavy (non-hydrogen) atoms. The third-order valence-corrected chi connectivity index (χ3v) is 2.35. The highest BCUT2D eigenvalue weighted by molar-refractivity contribution is 4.92. The minimum atomic E-state index is -2.76. The Kier molecular flexibility index (Phi) is 5.14. The molecule has 0 aromatic heterocycles. The standard InChI is InChI=1S/C9H17F2NO.C2H6/c1-7(2)12-5-8(3,13)4-9(10,11)6-12;1-2/h7,13H,4-6H2,1-3H3;1-2H3. The van der Waals surface area contributed by atoms with Crippen molar-refractivity contribution in [3.63, 3.8) is 0 Å². The first-order valence-electron chi connectivity index (χ1n) is 5.56. The fourth-order valence-electron chi connectivity index (χ4n) is 1.82. The molecule has 0 aliphatic carbocycles. The summed E-state index contributed by atoms with van der Waals surface area (Å²) in [7, 11) is 0. The molecular weight excluding hydrogens is 200 g/mol. The maximum atomic E-state index is 13.1. The molecule has 1 fully saturated rings. The van der Waals surface area contributed by atoms with Crippen LogP contribution in [-0.4, -0.2) is 40.7 Å². The Labute approximate surface area is 91.3 Å². The lowest BCUT2D eigenvalue weighted by Crippen LogP contribution is -2.56. The van der Waals surface area contributed by atoms with Gasteiger partial charge in [0.25, 0.3) is 5.92 Å². The van der Waals surface area contributed by atoms with Crippen molar-refractivity contribution < 1.29 is 13.9 Å². The van der Waals surface area contributed by atoms with E-state index < -0.39 is 17.9 Å². The number of hydrogen-bond acceptors (Lipinski definition) is 2. The van der Waals surface area contributed by atoms with Crippen molar-refractivity contribution in [1.82, 2.24) is 4.90 Å². The van der Waals surface area contributed by atoms with Crippen LogP contribution in [0.2, 0.25) is 0 Å². The van der Waals surface area contributed by atoms with Crippen LogP contribution in [-0.2, 0) is 0 Å². The number of halogens is 2. The van der Waals surface area contributed by atoms with Gasteiger partial charge in [-0.05, 0) is 20.8 Å². The number of alkyl halides is 2. The van der Waals surface area contributed by atoms with Gasteiger partial charge in [0.2, 0.25) is 0 Å². The predicted octanol–water partition coefficient (Wildman–Crippen LogP) is 2.51. The lowest BCUT2D eigenvalue weighted by molar-refractivity contribution is -0.151. The minimum absolute atomic E-state index is 0.0534. The van der Waals surface area contributed by atoms with Crippen molar-refractivity contribution >= 4 is 0 Å². The highest BCUT2D eigenvalue weighted by atomic mass is 19.3. The zero-order chi connectivity index (χ0) is 12.3. The number of β-amino-alcohol motifs (C(OH)–C–C–N with tert-alkyl or cyclic N) is 1. The quantitative estimate of drug-likeness (QED) is 0.738. The van der Waals surface area contributed by atoms with Crippen molar-refractivity contribution in [3.05, 3.63) is 0 Å². The molecule has 2 nitrogen and oxygen atoms in total. The van der Waals surface area contributed by atoms with Gasteiger partial charge in [-0.1, -0.05) is 13.8 Å². The number of rotatable bonds is 1. The number of aliphatic hydroxyl groups is 1.